The summed E-state index contributed by atoms with van der Waals surface area (Å²) in [7, 11) is 0. The summed E-state index contributed by atoms with van der Waals surface area (Å²) in [6, 6.07) is 7.26. The van der Waals surface area contributed by atoms with Crippen molar-refractivity contribution in [2.45, 2.75) is 51.2 Å². The van der Waals surface area contributed by atoms with Crippen molar-refractivity contribution in [3.8, 4) is 0 Å². The lowest BCUT2D eigenvalue weighted by Gasteiger charge is -2.37. The first-order chi connectivity index (χ1) is 11.6. The fraction of sp³-hybridized carbons (Fsp3) is 0.632. The summed E-state index contributed by atoms with van der Waals surface area (Å²) < 4.78 is 13.8. The lowest BCUT2D eigenvalue weighted by molar-refractivity contribution is -0.127. The predicted molar refractivity (Wildman–Crippen MR) is 93.1 cm³/mol. The first-order valence-electron chi connectivity index (χ1n) is 9.13. The number of hydrogen-bond acceptors (Lipinski definition) is 3. The van der Waals surface area contributed by atoms with Crippen LogP contribution in [-0.2, 0) is 11.3 Å². The van der Waals surface area contributed by atoms with Gasteiger partial charge in [0, 0.05) is 44.3 Å². The van der Waals surface area contributed by atoms with E-state index in [2.05, 4.69) is 15.1 Å². The fourth-order valence-corrected chi connectivity index (χ4v) is 3.73. The van der Waals surface area contributed by atoms with E-state index in [-0.39, 0.29) is 17.8 Å². The van der Waals surface area contributed by atoms with E-state index in [1.54, 1.807) is 6.07 Å². The average molecular weight is 333 g/mol. The second kappa shape index (κ2) is 8.08. The first kappa shape index (κ1) is 17.4. The lowest BCUT2D eigenvalue weighted by atomic mass is 10.1. The number of amides is 1. The number of piperazine rings is 1. The molecule has 5 heteroatoms. The highest BCUT2D eigenvalue weighted by atomic mass is 19.1. The van der Waals surface area contributed by atoms with E-state index in [1.807, 2.05) is 19.1 Å². The third kappa shape index (κ3) is 4.33. The summed E-state index contributed by atoms with van der Waals surface area (Å²) in [6.45, 7) is 6.09. The Balaban J connectivity index is 1.45. The van der Waals surface area contributed by atoms with Crippen LogP contribution in [0.15, 0.2) is 24.3 Å². The van der Waals surface area contributed by atoms with Gasteiger partial charge in [0.1, 0.15) is 5.82 Å². The molecule has 0 radical (unpaired) electrons. The largest absolute Gasteiger partial charge is 0.352 e. The van der Waals surface area contributed by atoms with Gasteiger partial charge in [-0.1, -0.05) is 31.0 Å². The van der Waals surface area contributed by atoms with Gasteiger partial charge < -0.3 is 5.32 Å². The van der Waals surface area contributed by atoms with Crippen LogP contribution in [-0.4, -0.2) is 54.0 Å². The second-order valence-electron chi connectivity index (χ2n) is 7.07. The van der Waals surface area contributed by atoms with Crippen molar-refractivity contribution in [2.24, 2.45) is 0 Å². The molecule has 4 nitrogen and oxygen atoms in total. The molecular formula is C19H28FN3O. The zero-order chi connectivity index (χ0) is 16.9. The van der Waals surface area contributed by atoms with Crippen LogP contribution in [0.1, 0.15) is 38.2 Å². The Bertz CT molecular complexity index is 551. The molecule has 2 fully saturated rings. The number of benzene rings is 1. The number of hydrogen-bond donors (Lipinski definition) is 1. The SMILES string of the molecule is C[C@H](C(=O)NC1CCCC1)N1CCN(Cc2ccccc2F)CC1. The van der Waals surface area contributed by atoms with Crippen molar-refractivity contribution in [3.05, 3.63) is 35.6 Å². The van der Waals surface area contributed by atoms with E-state index < -0.39 is 0 Å². The molecule has 3 rings (SSSR count). The van der Waals surface area contributed by atoms with Gasteiger partial charge >= 0.3 is 0 Å². The van der Waals surface area contributed by atoms with Crippen LogP contribution < -0.4 is 5.32 Å². The summed E-state index contributed by atoms with van der Waals surface area (Å²) >= 11 is 0. The second-order valence-corrected chi connectivity index (χ2v) is 7.07. The molecule has 1 aliphatic carbocycles. The van der Waals surface area contributed by atoms with E-state index in [0.717, 1.165) is 44.6 Å². The number of carbonyl (C=O) groups is 1. The van der Waals surface area contributed by atoms with Gasteiger partial charge in [-0.3, -0.25) is 14.6 Å². The minimum absolute atomic E-state index is 0.0822. The number of halogens is 1. The molecule has 0 spiro atoms. The van der Waals surface area contributed by atoms with Gasteiger partial charge in [0.25, 0.3) is 0 Å². The highest BCUT2D eigenvalue weighted by molar-refractivity contribution is 5.81. The summed E-state index contributed by atoms with van der Waals surface area (Å²) in [5.74, 6) is 0.0219. The molecule has 0 aromatic heterocycles. The molecule has 1 aromatic rings. The van der Waals surface area contributed by atoms with Crippen LogP contribution >= 0.6 is 0 Å². The van der Waals surface area contributed by atoms with Crippen molar-refractivity contribution in [1.29, 1.82) is 0 Å². The van der Waals surface area contributed by atoms with Gasteiger partial charge in [-0.2, -0.15) is 0 Å². The number of carbonyl (C=O) groups excluding carboxylic acids is 1. The third-order valence-corrected chi connectivity index (χ3v) is 5.39. The Morgan fingerprint density at radius 2 is 1.88 bits per heavy atom. The molecule has 1 saturated heterocycles. The van der Waals surface area contributed by atoms with Crippen molar-refractivity contribution in [1.82, 2.24) is 15.1 Å². The van der Waals surface area contributed by atoms with Gasteiger partial charge in [0.05, 0.1) is 6.04 Å². The molecule has 1 aromatic carbocycles. The molecular weight excluding hydrogens is 305 g/mol. The molecule has 1 N–H and O–H groups in total. The van der Waals surface area contributed by atoms with Gasteiger partial charge in [-0.05, 0) is 25.8 Å². The van der Waals surface area contributed by atoms with Gasteiger partial charge in [0.15, 0.2) is 0 Å². The van der Waals surface area contributed by atoms with Crippen molar-refractivity contribution >= 4 is 5.91 Å². The molecule has 1 heterocycles. The van der Waals surface area contributed by atoms with E-state index in [0.29, 0.717) is 12.6 Å². The summed E-state index contributed by atoms with van der Waals surface area (Å²) in [4.78, 5) is 16.9. The quantitative estimate of drug-likeness (QED) is 0.899. The van der Waals surface area contributed by atoms with E-state index in [1.165, 1.54) is 18.9 Å². The van der Waals surface area contributed by atoms with Crippen molar-refractivity contribution in [3.63, 3.8) is 0 Å². The Labute approximate surface area is 144 Å². The Morgan fingerprint density at radius 3 is 2.54 bits per heavy atom. The number of nitrogens with zero attached hydrogens (tertiary/aromatic N) is 2. The Kier molecular flexibility index (Phi) is 5.85. The third-order valence-electron chi connectivity index (χ3n) is 5.39. The van der Waals surface area contributed by atoms with E-state index >= 15 is 0 Å². The highest BCUT2D eigenvalue weighted by Crippen LogP contribution is 2.18. The zero-order valence-corrected chi connectivity index (χ0v) is 14.5. The normalized spacial score (nSPS) is 21.8. The molecule has 0 unspecified atom stereocenters. The molecule has 1 saturated carbocycles. The zero-order valence-electron chi connectivity index (χ0n) is 14.5. The molecule has 1 aliphatic heterocycles. The van der Waals surface area contributed by atoms with Crippen molar-refractivity contribution < 1.29 is 9.18 Å². The van der Waals surface area contributed by atoms with Crippen LogP contribution in [0.3, 0.4) is 0 Å². The minimum Gasteiger partial charge on any atom is -0.352 e. The molecule has 132 valence electrons. The maximum atomic E-state index is 13.8. The minimum atomic E-state index is -0.135. The van der Waals surface area contributed by atoms with Crippen LogP contribution in [0.4, 0.5) is 4.39 Å². The number of rotatable bonds is 5. The molecule has 1 amide bonds. The van der Waals surface area contributed by atoms with E-state index in [4.69, 9.17) is 0 Å². The van der Waals surface area contributed by atoms with Crippen LogP contribution in [0.5, 0.6) is 0 Å². The monoisotopic (exact) mass is 333 g/mol. The maximum absolute atomic E-state index is 13.8. The highest BCUT2D eigenvalue weighted by Gasteiger charge is 2.27. The molecule has 2 aliphatic rings. The summed E-state index contributed by atoms with van der Waals surface area (Å²) in [5.41, 5.74) is 0.748. The van der Waals surface area contributed by atoms with Crippen LogP contribution in [0, 0.1) is 5.82 Å². The van der Waals surface area contributed by atoms with Gasteiger partial charge in [-0.25, -0.2) is 4.39 Å². The lowest BCUT2D eigenvalue weighted by Crippen LogP contribution is -2.54. The van der Waals surface area contributed by atoms with Crippen molar-refractivity contribution in [2.75, 3.05) is 26.2 Å². The standard InChI is InChI=1S/C19H28FN3O/c1-15(19(24)21-17-7-3-4-8-17)23-12-10-22(11-13-23)14-16-6-2-5-9-18(16)20/h2,5-6,9,15,17H,3-4,7-8,10-14H2,1H3,(H,21,24)/t15-/m1/s1. The molecule has 0 bridgehead atoms. The molecule has 24 heavy (non-hydrogen) atoms. The Hall–Kier alpha value is -1.46. The molecule has 1 atom stereocenters. The predicted octanol–water partition coefficient (Wildman–Crippen LogP) is 2.39. The van der Waals surface area contributed by atoms with Crippen LogP contribution in [0.25, 0.3) is 0 Å². The topological polar surface area (TPSA) is 35.6 Å². The average Bonchev–Trinajstić information content (AvgIpc) is 3.10. The summed E-state index contributed by atoms with van der Waals surface area (Å²) in [6.07, 6.45) is 4.70. The first-order valence-corrected chi connectivity index (χ1v) is 9.13. The van der Waals surface area contributed by atoms with E-state index in [9.17, 15) is 9.18 Å². The van der Waals surface area contributed by atoms with Crippen LogP contribution in [0.2, 0.25) is 0 Å². The Morgan fingerprint density at radius 1 is 1.21 bits per heavy atom. The summed E-state index contributed by atoms with van der Waals surface area (Å²) in [5, 5.41) is 3.19. The smallest absolute Gasteiger partial charge is 0.237 e. The maximum Gasteiger partial charge on any atom is 0.237 e. The van der Waals surface area contributed by atoms with Gasteiger partial charge in [-0.15, -0.1) is 0 Å². The van der Waals surface area contributed by atoms with Gasteiger partial charge in [0.2, 0.25) is 5.91 Å². The number of nitrogens with one attached hydrogen (secondary N) is 1. The fourth-order valence-electron chi connectivity index (χ4n) is 3.73.